The predicted molar refractivity (Wildman–Crippen MR) is 99.1 cm³/mol. The maximum absolute atomic E-state index is 11.8. The summed E-state index contributed by atoms with van der Waals surface area (Å²) in [6, 6.07) is 15.4. The molecule has 1 heterocycles. The van der Waals surface area contributed by atoms with E-state index in [9.17, 15) is 4.79 Å². The molecule has 0 amide bonds. The van der Waals surface area contributed by atoms with Gasteiger partial charge < -0.3 is 9.15 Å². The highest BCUT2D eigenvalue weighted by Crippen LogP contribution is 2.21. The van der Waals surface area contributed by atoms with Gasteiger partial charge in [0.05, 0.1) is 18.3 Å². The van der Waals surface area contributed by atoms with Crippen LogP contribution in [-0.4, -0.2) is 12.4 Å². The number of hydrogen-bond acceptors (Lipinski definition) is 4. The van der Waals surface area contributed by atoms with Gasteiger partial charge in [0.1, 0.15) is 11.3 Å². The van der Waals surface area contributed by atoms with E-state index in [-0.39, 0.29) is 5.43 Å². The van der Waals surface area contributed by atoms with Crippen LogP contribution in [0.4, 0.5) is 0 Å². The second-order valence-corrected chi connectivity index (χ2v) is 6.83. The van der Waals surface area contributed by atoms with E-state index in [0.29, 0.717) is 23.3 Å². The summed E-state index contributed by atoms with van der Waals surface area (Å²) in [6.45, 7) is 2.75. The summed E-state index contributed by atoms with van der Waals surface area (Å²) in [7, 11) is 0. The van der Waals surface area contributed by atoms with Gasteiger partial charge in [0.25, 0.3) is 0 Å². The molecule has 1 aromatic heterocycles. The van der Waals surface area contributed by atoms with Crippen molar-refractivity contribution in [3.05, 3.63) is 70.6 Å². The van der Waals surface area contributed by atoms with Gasteiger partial charge in [0.2, 0.25) is 0 Å². The average molecular weight is 340 g/mol. The molecule has 3 rings (SSSR count). The van der Waals surface area contributed by atoms with Crippen molar-refractivity contribution in [1.82, 2.24) is 0 Å². The molecule has 4 heteroatoms. The summed E-state index contributed by atoms with van der Waals surface area (Å²) in [4.78, 5) is 13.1. The Bertz CT molecular complexity index is 853. The molecule has 2 aromatic carbocycles. The first-order valence-corrected chi connectivity index (χ1v) is 9.05. The van der Waals surface area contributed by atoms with Crippen LogP contribution >= 0.6 is 11.8 Å². The van der Waals surface area contributed by atoms with Gasteiger partial charge in [-0.3, -0.25) is 4.79 Å². The Morgan fingerprint density at radius 2 is 1.88 bits per heavy atom. The second kappa shape index (κ2) is 8.06. The molecule has 3 aromatic rings. The number of benzene rings is 2. The molecule has 0 spiro atoms. The van der Waals surface area contributed by atoms with Crippen molar-refractivity contribution in [3.8, 4) is 5.75 Å². The van der Waals surface area contributed by atoms with Crippen LogP contribution in [0.5, 0.6) is 5.75 Å². The molecule has 0 unspecified atom stereocenters. The van der Waals surface area contributed by atoms with Crippen molar-refractivity contribution in [2.45, 2.75) is 24.7 Å². The Hall–Kier alpha value is -2.20. The third-order valence-electron chi connectivity index (χ3n) is 3.73. The summed E-state index contributed by atoms with van der Waals surface area (Å²) in [5.74, 6) is 1.79. The maximum Gasteiger partial charge on any atom is 0.192 e. The molecule has 0 aliphatic carbocycles. The van der Waals surface area contributed by atoms with Crippen molar-refractivity contribution >= 4 is 22.7 Å². The van der Waals surface area contributed by atoms with Crippen molar-refractivity contribution < 1.29 is 9.15 Å². The summed E-state index contributed by atoms with van der Waals surface area (Å²) >= 11 is 1.87. The number of unbranched alkanes of at least 4 members (excludes halogenated alkanes) is 1. The predicted octanol–water partition coefficient (Wildman–Crippen LogP) is 5.05. The van der Waals surface area contributed by atoms with E-state index in [4.69, 9.17) is 9.15 Å². The lowest BCUT2D eigenvalue weighted by Gasteiger charge is -2.07. The van der Waals surface area contributed by atoms with E-state index in [0.717, 1.165) is 18.6 Å². The summed E-state index contributed by atoms with van der Waals surface area (Å²) < 4.78 is 11.0. The van der Waals surface area contributed by atoms with E-state index < -0.39 is 0 Å². The number of ether oxygens (including phenoxy) is 1. The highest BCUT2D eigenvalue weighted by molar-refractivity contribution is 7.99. The van der Waals surface area contributed by atoms with Crippen LogP contribution in [0, 0.1) is 6.92 Å². The first-order chi connectivity index (χ1) is 11.7. The molecule has 124 valence electrons. The summed E-state index contributed by atoms with van der Waals surface area (Å²) in [6.07, 6.45) is 3.49. The van der Waals surface area contributed by atoms with Gasteiger partial charge in [-0.1, -0.05) is 17.7 Å². The molecule has 0 saturated carbocycles. The lowest BCUT2D eigenvalue weighted by Crippen LogP contribution is -2.01. The Kier molecular flexibility index (Phi) is 5.59. The van der Waals surface area contributed by atoms with Crippen molar-refractivity contribution in [1.29, 1.82) is 0 Å². The second-order valence-electron chi connectivity index (χ2n) is 5.66. The molecule has 24 heavy (non-hydrogen) atoms. The zero-order valence-electron chi connectivity index (χ0n) is 13.7. The number of aryl methyl sites for hydroxylation is 1. The van der Waals surface area contributed by atoms with Crippen LogP contribution in [0.2, 0.25) is 0 Å². The first kappa shape index (κ1) is 16.7. The lowest BCUT2D eigenvalue weighted by molar-refractivity contribution is 0.310. The minimum Gasteiger partial charge on any atom is -0.494 e. The van der Waals surface area contributed by atoms with Crippen LogP contribution in [0.25, 0.3) is 11.0 Å². The first-order valence-electron chi connectivity index (χ1n) is 8.06. The van der Waals surface area contributed by atoms with Crippen LogP contribution in [0.1, 0.15) is 18.4 Å². The standard InChI is InChI=1S/C20H20O3S/c1-15-4-7-17(8-5-15)24-13-3-2-11-22-16-6-9-20-18(14-16)19(21)10-12-23-20/h4-10,12,14H,2-3,11,13H2,1H3. The van der Waals surface area contributed by atoms with Crippen LogP contribution in [0.15, 0.2) is 68.9 Å². The molecule has 0 radical (unpaired) electrons. The van der Waals surface area contributed by atoms with E-state index in [1.165, 1.54) is 22.8 Å². The normalized spacial score (nSPS) is 10.9. The zero-order valence-corrected chi connectivity index (χ0v) is 14.5. The Morgan fingerprint density at radius 1 is 1.04 bits per heavy atom. The third-order valence-corrected chi connectivity index (χ3v) is 4.83. The van der Waals surface area contributed by atoms with Crippen molar-refractivity contribution in [3.63, 3.8) is 0 Å². The third kappa shape index (κ3) is 4.42. The molecular formula is C20H20O3S. The number of hydrogen-bond donors (Lipinski definition) is 0. The van der Waals surface area contributed by atoms with Gasteiger partial charge in [-0.05, 0) is 55.9 Å². The molecular weight excluding hydrogens is 320 g/mol. The van der Waals surface area contributed by atoms with Gasteiger partial charge >= 0.3 is 0 Å². The van der Waals surface area contributed by atoms with Crippen molar-refractivity contribution in [2.24, 2.45) is 0 Å². The van der Waals surface area contributed by atoms with E-state index in [1.807, 2.05) is 17.8 Å². The van der Waals surface area contributed by atoms with Gasteiger partial charge in [-0.15, -0.1) is 11.8 Å². The molecule has 0 saturated heterocycles. The topological polar surface area (TPSA) is 39.4 Å². The minimum absolute atomic E-state index is 0.0452. The van der Waals surface area contributed by atoms with Crippen LogP contribution in [0.3, 0.4) is 0 Å². The summed E-state index contributed by atoms with van der Waals surface area (Å²) in [5.41, 5.74) is 1.83. The van der Waals surface area contributed by atoms with Gasteiger partial charge in [0.15, 0.2) is 5.43 Å². The van der Waals surface area contributed by atoms with Crippen molar-refractivity contribution in [2.75, 3.05) is 12.4 Å². The quantitative estimate of drug-likeness (QED) is 0.445. The monoisotopic (exact) mass is 340 g/mol. The fraction of sp³-hybridized carbons (Fsp3) is 0.250. The largest absolute Gasteiger partial charge is 0.494 e. The molecule has 0 atom stereocenters. The SMILES string of the molecule is Cc1ccc(SCCCCOc2ccc3occc(=O)c3c2)cc1. The molecule has 0 fully saturated rings. The smallest absolute Gasteiger partial charge is 0.192 e. The average Bonchev–Trinajstić information content (AvgIpc) is 2.60. The molecule has 0 N–H and O–H groups in total. The van der Waals surface area contributed by atoms with Gasteiger partial charge in [-0.2, -0.15) is 0 Å². The fourth-order valence-corrected chi connectivity index (χ4v) is 3.28. The van der Waals surface area contributed by atoms with Gasteiger partial charge in [0, 0.05) is 11.0 Å². The molecule has 0 bridgehead atoms. The summed E-state index contributed by atoms with van der Waals surface area (Å²) in [5, 5.41) is 0.560. The highest BCUT2D eigenvalue weighted by atomic mass is 32.2. The maximum atomic E-state index is 11.8. The molecule has 0 aliphatic heterocycles. The van der Waals surface area contributed by atoms with Crippen LogP contribution in [-0.2, 0) is 0 Å². The van der Waals surface area contributed by atoms with Crippen LogP contribution < -0.4 is 10.2 Å². The number of fused-ring (bicyclic) bond motifs is 1. The Balaban J connectivity index is 1.42. The van der Waals surface area contributed by atoms with Gasteiger partial charge in [-0.25, -0.2) is 0 Å². The number of thioether (sulfide) groups is 1. The number of rotatable bonds is 7. The Morgan fingerprint density at radius 3 is 2.71 bits per heavy atom. The van der Waals surface area contributed by atoms with E-state index in [1.54, 1.807) is 12.1 Å². The minimum atomic E-state index is -0.0452. The fourth-order valence-electron chi connectivity index (χ4n) is 2.37. The van der Waals surface area contributed by atoms with E-state index in [2.05, 4.69) is 31.2 Å². The molecule has 3 nitrogen and oxygen atoms in total. The lowest BCUT2D eigenvalue weighted by atomic mass is 10.2. The zero-order chi connectivity index (χ0) is 16.8. The van der Waals surface area contributed by atoms with E-state index >= 15 is 0 Å². The Labute approximate surface area is 145 Å². The molecule has 0 aliphatic rings. The highest BCUT2D eigenvalue weighted by Gasteiger charge is 2.02.